The molecule has 2 N–H and O–H groups in total. The van der Waals surface area contributed by atoms with Gasteiger partial charge in [0.25, 0.3) is 10.0 Å². The molecule has 0 atom stereocenters. The van der Waals surface area contributed by atoms with E-state index >= 15 is 0 Å². The maximum absolute atomic E-state index is 12.9. The van der Waals surface area contributed by atoms with E-state index in [0.717, 1.165) is 34.8 Å². The first-order chi connectivity index (χ1) is 17.1. The molecule has 37 heavy (non-hydrogen) atoms. The minimum atomic E-state index is -4.64. The summed E-state index contributed by atoms with van der Waals surface area (Å²) in [6.07, 6.45) is -3.70. The number of anilines is 3. The van der Waals surface area contributed by atoms with Crippen LogP contribution in [-0.2, 0) is 31.0 Å². The number of rotatable bonds is 8. The quantitative estimate of drug-likeness (QED) is 0.398. The van der Waals surface area contributed by atoms with Crippen molar-refractivity contribution in [3.8, 4) is 0 Å². The average Bonchev–Trinajstić information content (AvgIpc) is 2.78. The van der Waals surface area contributed by atoms with E-state index in [2.05, 4.69) is 10.0 Å². The van der Waals surface area contributed by atoms with Crippen molar-refractivity contribution in [1.82, 2.24) is 0 Å². The molecule has 3 aromatic carbocycles. The second-order valence-corrected chi connectivity index (χ2v) is 11.9. The standard InChI is InChI=1S/C23H21ClF3N3O5S2/c1-15-20(24)7-4-8-21(15)30(36(2,32)33)14-22(31)28-17-9-11-19(12-10-17)37(34,35)29-18-6-3-5-16(13-18)23(25,26)27/h3-13,29H,14H2,1-2H3,(H,28,31). The normalized spacial score (nSPS) is 12.2. The van der Waals surface area contributed by atoms with Crippen LogP contribution in [0.25, 0.3) is 0 Å². The highest BCUT2D eigenvalue weighted by Crippen LogP contribution is 2.31. The Kier molecular flexibility index (Phi) is 8.10. The molecule has 0 aromatic heterocycles. The molecule has 198 valence electrons. The lowest BCUT2D eigenvalue weighted by molar-refractivity contribution is -0.137. The Labute approximate surface area is 217 Å². The lowest BCUT2D eigenvalue weighted by Gasteiger charge is -2.24. The molecule has 1 amide bonds. The lowest BCUT2D eigenvalue weighted by atomic mass is 10.2. The summed E-state index contributed by atoms with van der Waals surface area (Å²) in [5.74, 6) is -0.706. The van der Waals surface area contributed by atoms with Gasteiger partial charge in [0.05, 0.1) is 22.4 Å². The molecule has 0 unspecified atom stereocenters. The fourth-order valence-electron chi connectivity index (χ4n) is 3.27. The number of carbonyl (C=O) groups excluding carboxylic acids is 1. The largest absolute Gasteiger partial charge is 0.416 e. The zero-order valence-corrected chi connectivity index (χ0v) is 21.8. The first kappa shape index (κ1) is 28.3. The maximum atomic E-state index is 12.9. The third kappa shape index (κ3) is 7.14. The Balaban J connectivity index is 1.74. The third-order valence-electron chi connectivity index (χ3n) is 5.09. The van der Waals surface area contributed by atoms with Crippen molar-refractivity contribution >= 4 is 54.6 Å². The van der Waals surface area contributed by atoms with Crippen LogP contribution in [-0.4, -0.2) is 35.5 Å². The van der Waals surface area contributed by atoms with Crippen LogP contribution < -0.4 is 14.3 Å². The van der Waals surface area contributed by atoms with Gasteiger partial charge in [-0.15, -0.1) is 0 Å². The smallest absolute Gasteiger partial charge is 0.325 e. The number of benzene rings is 3. The molecule has 8 nitrogen and oxygen atoms in total. The van der Waals surface area contributed by atoms with E-state index in [1.807, 2.05) is 0 Å². The molecular weight excluding hydrogens is 555 g/mol. The van der Waals surface area contributed by atoms with Crippen molar-refractivity contribution in [2.24, 2.45) is 0 Å². The molecule has 0 spiro atoms. The van der Waals surface area contributed by atoms with E-state index in [4.69, 9.17) is 11.6 Å². The zero-order chi connectivity index (χ0) is 27.6. The Morgan fingerprint density at radius 2 is 1.57 bits per heavy atom. The molecule has 0 saturated heterocycles. The third-order valence-corrected chi connectivity index (χ3v) is 8.02. The number of hydrogen-bond donors (Lipinski definition) is 2. The number of alkyl halides is 3. The Bertz CT molecular complexity index is 1530. The van der Waals surface area contributed by atoms with Gasteiger partial charge < -0.3 is 5.32 Å². The predicted octanol–water partition coefficient (Wildman–Crippen LogP) is 4.87. The number of hydrogen-bond acceptors (Lipinski definition) is 5. The summed E-state index contributed by atoms with van der Waals surface area (Å²) in [6.45, 7) is 1.04. The van der Waals surface area contributed by atoms with E-state index in [1.54, 1.807) is 19.1 Å². The number of nitrogens with zero attached hydrogens (tertiary/aromatic N) is 1. The Morgan fingerprint density at radius 3 is 2.16 bits per heavy atom. The van der Waals surface area contributed by atoms with Crippen molar-refractivity contribution in [3.05, 3.63) is 82.9 Å². The van der Waals surface area contributed by atoms with Gasteiger partial charge in [0.15, 0.2) is 0 Å². The van der Waals surface area contributed by atoms with Gasteiger partial charge in [-0.2, -0.15) is 13.2 Å². The number of carbonyl (C=O) groups is 1. The van der Waals surface area contributed by atoms with Crippen molar-refractivity contribution < 1.29 is 34.8 Å². The van der Waals surface area contributed by atoms with Crippen LogP contribution in [0, 0.1) is 6.92 Å². The van der Waals surface area contributed by atoms with Crippen molar-refractivity contribution in [2.75, 3.05) is 27.1 Å². The van der Waals surface area contributed by atoms with Gasteiger partial charge in [0, 0.05) is 16.4 Å². The molecule has 0 aliphatic heterocycles. The van der Waals surface area contributed by atoms with Crippen LogP contribution >= 0.6 is 11.6 Å². The first-order valence-electron chi connectivity index (χ1n) is 10.4. The van der Waals surface area contributed by atoms with Crippen LogP contribution in [0.1, 0.15) is 11.1 Å². The second-order valence-electron chi connectivity index (χ2n) is 7.91. The monoisotopic (exact) mass is 575 g/mol. The van der Waals surface area contributed by atoms with Crippen LogP contribution in [0.2, 0.25) is 5.02 Å². The Morgan fingerprint density at radius 1 is 0.946 bits per heavy atom. The summed E-state index contributed by atoms with van der Waals surface area (Å²) in [5, 5.41) is 2.80. The predicted molar refractivity (Wildman–Crippen MR) is 136 cm³/mol. The summed E-state index contributed by atoms with van der Waals surface area (Å²) in [7, 11) is -8.09. The summed E-state index contributed by atoms with van der Waals surface area (Å²) in [4.78, 5) is 12.3. The fraction of sp³-hybridized carbons (Fsp3) is 0.174. The van der Waals surface area contributed by atoms with Crippen LogP contribution in [0.15, 0.2) is 71.6 Å². The summed E-state index contributed by atoms with van der Waals surface area (Å²) in [5.41, 5.74) is -0.428. The molecule has 0 radical (unpaired) electrons. The molecule has 3 aromatic rings. The van der Waals surface area contributed by atoms with E-state index in [9.17, 15) is 34.8 Å². The summed E-state index contributed by atoms with van der Waals surface area (Å²) >= 11 is 6.08. The topological polar surface area (TPSA) is 113 Å². The first-order valence-corrected chi connectivity index (χ1v) is 14.1. The lowest BCUT2D eigenvalue weighted by Crippen LogP contribution is -2.37. The highest BCUT2D eigenvalue weighted by molar-refractivity contribution is 7.92. The molecule has 0 bridgehead atoms. The second kappa shape index (κ2) is 10.6. The number of halogens is 4. The minimum Gasteiger partial charge on any atom is -0.325 e. The van der Waals surface area contributed by atoms with Crippen LogP contribution in [0.5, 0.6) is 0 Å². The van der Waals surface area contributed by atoms with E-state index in [1.165, 1.54) is 24.3 Å². The van der Waals surface area contributed by atoms with Gasteiger partial charge in [-0.05, 0) is 67.1 Å². The van der Waals surface area contributed by atoms with Gasteiger partial charge in [-0.1, -0.05) is 23.7 Å². The van der Waals surface area contributed by atoms with Gasteiger partial charge in [-0.25, -0.2) is 16.8 Å². The van der Waals surface area contributed by atoms with Crippen molar-refractivity contribution in [2.45, 2.75) is 18.0 Å². The van der Waals surface area contributed by atoms with E-state index in [-0.39, 0.29) is 22.0 Å². The molecule has 0 fully saturated rings. The zero-order valence-electron chi connectivity index (χ0n) is 19.4. The highest BCUT2D eigenvalue weighted by Gasteiger charge is 2.31. The van der Waals surface area contributed by atoms with E-state index in [0.29, 0.717) is 16.7 Å². The minimum absolute atomic E-state index is 0.166. The maximum Gasteiger partial charge on any atom is 0.416 e. The van der Waals surface area contributed by atoms with Crippen LogP contribution in [0.3, 0.4) is 0 Å². The van der Waals surface area contributed by atoms with Gasteiger partial charge in [0.2, 0.25) is 15.9 Å². The molecule has 0 aliphatic carbocycles. The average molecular weight is 576 g/mol. The van der Waals surface area contributed by atoms with E-state index < -0.39 is 44.2 Å². The molecule has 14 heteroatoms. The Hall–Kier alpha value is -3.29. The number of sulfonamides is 2. The molecule has 0 aliphatic rings. The molecule has 3 rings (SSSR count). The fourth-order valence-corrected chi connectivity index (χ4v) is 5.39. The van der Waals surface area contributed by atoms with Gasteiger partial charge >= 0.3 is 6.18 Å². The van der Waals surface area contributed by atoms with Crippen molar-refractivity contribution in [3.63, 3.8) is 0 Å². The SMILES string of the molecule is Cc1c(Cl)cccc1N(CC(=O)Nc1ccc(S(=O)(=O)Nc2cccc(C(F)(F)F)c2)cc1)S(C)(=O)=O. The van der Waals surface area contributed by atoms with Gasteiger partial charge in [-0.3, -0.25) is 13.8 Å². The van der Waals surface area contributed by atoms with Gasteiger partial charge in [0.1, 0.15) is 6.54 Å². The number of nitrogens with one attached hydrogen (secondary N) is 2. The highest BCUT2D eigenvalue weighted by atomic mass is 35.5. The summed E-state index contributed by atoms with van der Waals surface area (Å²) in [6, 6.07) is 13.2. The number of amides is 1. The molecule has 0 heterocycles. The molecular formula is C23H21ClF3N3O5S2. The molecule has 0 saturated carbocycles. The van der Waals surface area contributed by atoms with Crippen LogP contribution in [0.4, 0.5) is 30.2 Å². The summed E-state index contributed by atoms with van der Waals surface area (Å²) < 4.78 is 91.5. The van der Waals surface area contributed by atoms with Crippen molar-refractivity contribution in [1.29, 1.82) is 0 Å².